The minimum atomic E-state index is 0.583. The molecule has 4 nitrogen and oxygen atoms in total. The first-order valence-corrected chi connectivity index (χ1v) is 6.80. The first-order chi connectivity index (χ1) is 9.25. The molecular weight excluding hydrogens is 238 g/mol. The van der Waals surface area contributed by atoms with Crippen molar-refractivity contribution in [2.24, 2.45) is 0 Å². The smallest absolute Gasteiger partial charge is 0.227 e. The Labute approximate surface area is 114 Å². The highest BCUT2D eigenvalue weighted by molar-refractivity contribution is 5.18. The Balaban J connectivity index is 1.62. The molecule has 0 aliphatic rings. The Morgan fingerprint density at radius 2 is 2.00 bits per heavy atom. The van der Waals surface area contributed by atoms with E-state index in [0.29, 0.717) is 17.6 Å². The van der Waals surface area contributed by atoms with Gasteiger partial charge >= 0.3 is 0 Å². The molecule has 0 fully saturated rings. The molecule has 2 rings (SSSR count). The van der Waals surface area contributed by atoms with Crippen LogP contribution in [0.4, 0.5) is 0 Å². The highest BCUT2D eigenvalue weighted by atomic mass is 16.5. The molecular formula is C15H21N3O. The van der Waals surface area contributed by atoms with Crippen molar-refractivity contribution in [1.29, 1.82) is 0 Å². The fourth-order valence-corrected chi connectivity index (χ4v) is 2.03. The molecule has 0 saturated heterocycles. The van der Waals surface area contributed by atoms with Crippen molar-refractivity contribution in [3.8, 4) is 0 Å². The molecule has 102 valence electrons. The maximum Gasteiger partial charge on any atom is 0.227 e. The third-order valence-corrected chi connectivity index (χ3v) is 3.21. The van der Waals surface area contributed by atoms with Crippen LogP contribution in [0.25, 0.3) is 0 Å². The fraction of sp³-hybridized carbons (Fsp3) is 0.467. The topological polar surface area (TPSA) is 51.0 Å². The summed E-state index contributed by atoms with van der Waals surface area (Å²) < 4.78 is 5.06. The summed E-state index contributed by atoms with van der Waals surface area (Å²) in [5.41, 5.74) is 1.40. The van der Waals surface area contributed by atoms with E-state index in [1.54, 1.807) is 0 Å². The molecule has 2 aromatic rings. The number of aromatic nitrogens is 2. The number of hydrogen-bond acceptors (Lipinski definition) is 4. The largest absolute Gasteiger partial charge is 0.339 e. The summed E-state index contributed by atoms with van der Waals surface area (Å²) in [6, 6.07) is 10.6. The minimum absolute atomic E-state index is 0.583. The van der Waals surface area contributed by atoms with Crippen LogP contribution >= 0.6 is 0 Å². The first kappa shape index (κ1) is 13.7. The second-order valence-corrected chi connectivity index (χ2v) is 4.84. The number of rotatable bonds is 7. The van der Waals surface area contributed by atoms with Gasteiger partial charge in [-0.2, -0.15) is 4.98 Å². The van der Waals surface area contributed by atoms with Gasteiger partial charge in [-0.1, -0.05) is 42.4 Å². The quantitative estimate of drug-likeness (QED) is 0.777. The Kier molecular flexibility index (Phi) is 5.10. The van der Waals surface area contributed by atoms with E-state index < -0.39 is 0 Å². The van der Waals surface area contributed by atoms with Crippen LogP contribution in [-0.4, -0.2) is 23.2 Å². The highest BCUT2D eigenvalue weighted by Crippen LogP contribution is 2.17. The lowest BCUT2D eigenvalue weighted by atomic mass is 9.98. The second kappa shape index (κ2) is 7.04. The van der Waals surface area contributed by atoms with E-state index in [1.165, 1.54) is 5.56 Å². The van der Waals surface area contributed by atoms with Gasteiger partial charge in [-0.15, -0.1) is 0 Å². The van der Waals surface area contributed by atoms with Crippen LogP contribution in [0, 0.1) is 6.92 Å². The monoisotopic (exact) mass is 259 g/mol. The molecule has 0 aliphatic heterocycles. The van der Waals surface area contributed by atoms with Crippen molar-refractivity contribution in [1.82, 2.24) is 15.5 Å². The van der Waals surface area contributed by atoms with E-state index in [1.807, 2.05) is 6.92 Å². The van der Waals surface area contributed by atoms with E-state index >= 15 is 0 Å². The molecule has 0 aliphatic carbocycles. The summed E-state index contributed by atoms with van der Waals surface area (Å²) in [6.07, 6.45) is 1.92. The molecule has 1 heterocycles. The number of nitrogens with zero attached hydrogens (tertiary/aromatic N) is 2. The van der Waals surface area contributed by atoms with Crippen molar-refractivity contribution < 1.29 is 4.52 Å². The number of aryl methyl sites for hydroxylation is 1. The van der Waals surface area contributed by atoms with Gasteiger partial charge in [0, 0.05) is 13.0 Å². The molecule has 0 radical (unpaired) electrons. The van der Waals surface area contributed by atoms with Crippen molar-refractivity contribution in [2.75, 3.05) is 13.1 Å². The Morgan fingerprint density at radius 3 is 2.68 bits per heavy atom. The van der Waals surface area contributed by atoms with Gasteiger partial charge in [0.15, 0.2) is 5.82 Å². The third-order valence-electron chi connectivity index (χ3n) is 3.21. The zero-order chi connectivity index (χ0) is 13.5. The molecule has 1 N–H and O–H groups in total. The number of hydrogen-bond donors (Lipinski definition) is 1. The summed E-state index contributed by atoms with van der Waals surface area (Å²) >= 11 is 0. The SMILES string of the molecule is Cc1noc(CCNCCC(C)c2ccccc2)n1. The molecule has 1 aromatic heterocycles. The van der Waals surface area contributed by atoms with Gasteiger partial charge in [0.1, 0.15) is 0 Å². The molecule has 4 heteroatoms. The van der Waals surface area contributed by atoms with Gasteiger partial charge in [-0.25, -0.2) is 0 Å². The van der Waals surface area contributed by atoms with E-state index in [4.69, 9.17) is 4.52 Å². The maximum atomic E-state index is 5.06. The Bertz CT molecular complexity index is 481. The molecule has 0 spiro atoms. The summed E-state index contributed by atoms with van der Waals surface area (Å²) in [6.45, 7) is 5.98. The third kappa shape index (κ3) is 4.48. The van der Waals surface area contributed by atoms with Crippen molar-refractivity contribution in [3.05, 3.63) is 47.6 Å². The molecule has 1 atom stereocenters. The van der Waals surface area contributed by atoms with Gasteiger partial charge in [0.2, 0.25) is 5.89 Å². The average molecular weight is 259 g/mol. The zero-order valence-electron chi connectivity index (χ0n) is 11.6. The zero-order valence-corrected chi connectivity index (χ0v) is 11.6. The Morgan fingerprint density at radius 1 is 1.21 bits per heavy atom. The van der Waals surface area contributed by atoms with Gasteiger partial charge < -0.3 is 9.84 Å². The van der Waals surface area contributed by atoms with Crippen molar-refractivity contribution in [3.63, 3.8) is 0 Å². The van der Waals surface area contributed by atoms with E-state index in [2.05, 4.69) is 52.7 Å². The molecule has 1 unspecified atom stereocenters. The van der Waals surface area contributed by atoms with E-state index in [0.717, 1.165) is 25.9 Å². The first-order valence-electron chi connectivity index (χ1n) is 6.80. The van der Waals surface area contributed by atoms with E-state index in [9.17, 15) is 0 Å². The van der Waals surface area contributed by atoms with Crippen LogP contribution in [-0.2, 0) is 6.42 Å². The lowest BCUT2D eigenvalue weighted by Crippen LogP contribution is -2.20. The highest BCUT2D eigenvalue weighted by Gasteiger charge is 2.05. The lowest BCUT2D eigenvalue weighted by molar-refractivity contribution is 0.372. The van der Waals surface area contributed by atoms with Crippen LogP contribution in [0.2, 0.25) is 0 Å². The molecule has 19 heavy (non-hydrogen) atoms. The number of nitrogens with one attached hydrogen (secondary N) is 1. The van der Waals surface area contributed by atoms with Crippen molar-refractivity contribution >= 4 is 0 Å². The summed E-state index contributed by atoms with van der Waals surface area (Å²) in [7, 11) is 0. The van der Waals surface area contributed by atoms with Crippen LogP contribution in [0.15, 0.2) is 34.9 Å². The second-order valence-electron chi connectivity index (χ2n) is 4.84. The van der Waals surface area contributed by atoms with Gasteiger partial charge in [0.05, 0.1) is 0 Å². The number of benzene rings is 1. The van der Waals surface area contributed by atoms with Gasteiger partial charge in [-0.05, 0) is 31.4 Å². The molecule has 0 saturated carbocycles. The van der Waals surface area contributed by atoms with Gasteiger partial charge in [-0.3, -0.25) is 0 Å². The maximum absolute atomic E-state index is 5.06. The van der Waals surface area contributed by atoms with Gasteiger partial charge in [0.25, 0.3) is 0 Å². The van der Waals surface area contributed by atoms with Crippen LogP contribution in [0.1, 0.15) is 36.5 Å². The normalized spacial score (nSPS) is 12.5. The summed E-state index contributed by atoms with van der Waals surface area (Å²) in [5.74, 6) is 1.99. The summed E-state index contributed by atoms with van der Waals surface area (Å²) in [4.78, 5) is 4.17. The average Bonchev–Trinajstić information content (AvgIpc) is 2.85. The van der Waals surface area contributed by atoms with Crippen LogP contribution in [0.3, 0.4) is 0 Å². The standard InChI is InChI=1S/C15H21N3O/c1-12(14-6-4-3-5-7-14)8-10-16-11-9-15-17-13(2)18-19-15/h3-7,12,16H,8-11H2,1-2H3. The predicted molar refractivity (Wildman–Crippen MR) is 75.1 cm³/mol. The van der Waals surface area contributed by atoms with E-state index in [-0.39, 0.29) is 0 Å². The van der Waals surface area contributed by atoms with Crippen LogP contribution < -0.4 is 5.32 Å². The van der Waals surface area contributed by atoms with Crippen molar-refractivity contribution in [2.45, 2.75) is 32.6 Å². The molecule has 0 bridgehead atoms. The Hall–Kier alpha value is -1.68. The lowest BCUT2D eigenvalue weighted by Gasteiger charge is -2.11. The molecule has 1 aromatic carbocycles. The fourth-order valence-electron chi connectivity index (χ4n) is 2.03. The summed E-state index contributed by atoms with van der Waals surface area (Å²) in [5, 5.41) is 7.19. The minimum Gasteiger partial charge on any atom is -0.339 e. The molecule has 0 amide bonds. The van der Waals surface area contributed by atoms with Crippen LogP contribution in [0.5, 0.6) is 0 Å². The predicted octanol–water partition coefficient (Wildman–Crippen LogP) is 2.70.